The first kappa shape index (κ1) is 16.0. The number of carbonyl (C=O) groups excluding carboxylic acids is 2. The molecule has 4 nitrogen and oxygen atoms in total. The Morgan fingerprint density at radius 1 is 1.19 bits per heavy atom. The molecule has 1 fully saturated rings. The van der Waals surface area contributed by atoms with Crippen molar-refractivity contribution in [2.45, 2.75) is 33.3 Å². The number of Topliss-reactive ketones (excluding diaryl/α,β-unsaturated/α-hetero) is 1. The van der Waals surface area contributed by atoms with E-state index in [1.807, 2.05) is 39.8 Å². The lowest BCUT2D eigenvalue weighted by Crippen LogP contribution is -2.61. The molecule has 21 heavy (non-hydrogen) atoms. The third kappa shape index (κ3) is 3.64. The molecule has 1 heterocycles. The standard InChI is InChI=1S/C16H20BrNO3/c1-15(2,3)21-14(20)18-9-16(4,10-18)13(19)11-5-7-12(17)8-6-11/h5-8H,9-10H2,1-4H3. The van der Waals surface area contributed by atoms with Gasteiger partial charge >= 0.3 is 6.09 Å². The fourth-order valence-corrected chi connectivity index (χ4v) is 2.61. The van der Waals surface area contributed by atoms with Crippen LogP contribution in [0.25, 0.3) is 0 Å². The van der Waals surface area contributed by atoms with Gasteiger partial charge in [-0.3, -0.25) is 4.79 Å². The van der Waals surface area contributed by atoms with Gasteiger partial charge < -0.3 is 9.64 Å². The third-order valence-corrected chi connectivity index (χ3v) is 3.91. The van der Waals surface area contributed by atoms with E-state index in [4.69, 9.17) is 4.74 Å². The molecule has 0 saturated carbocycles. The maximum atomic E-state index is 12.5. The van der Waals surface area contributed by atoms with Gasteiger partial charge in [0.05, 0.1) is 5.41 Å². The van der Waals surface area contributed by atoms with Crippen molar-refractivity contribution in [3.05, 3.63) is 34.3 Å². The van der Waals surface area contributed by atoms with Crippen LogP contribution in [-0.2, 0) is 4.74 Å². The SMILES string of the molecule is CC(C)(C)OC(=O)N1CC(C)(C(=O)c2ccc(Br)cc2)C1. The maximum absolute atomic E-state index is 12.5. The Bertz CT molecular complexity index is 554. The fourth-order valence-electron chi connectivity index (χ4n) is 2.35. The van der Waals surface area contributed by atoms with Crippen LogP contribution in [0.3, 0.4) is 0 Å². The van der Waals surface area contributed by atoms with Crippen LogP contribution in [-0.4, -0.2) is 35.5 Å². The van der Waals surface area contributed by atoms with Crippen LogP contribution < -0.4 is 0 Å². The number of hydrogen-bond acceptors (Lipinski definition) is 3. The quantitative estimate of drug-likeness (QED) is 0.757. The van der Waals surface area contributed by atoms with Gasteiger partial charge in [-0.25, -0.2) is 4.79 Å². The van der Waals surface area contributed by atoms with Crippen molar-refractivity contribution in [1.29, 1.82) is 0 Å². The Balaban J connectivity index is 1.99. The van der Waals surface area contributed by atoms with E-state index < -0.39 is 11.0 Å². The second-order valence-electron chi connectivity index (χ2n) is 6.73. The first-order valence-electron chi connectivity index (χ1n) is 6.89. The topological polar surface area (TPSA) is 46.6 Å². The van der Waals surface area contributed by atoms with Gasteiger partial charge in [-0.15, -0.1) is 0 Å². The molecule has 1 aliphatic rings. The van der Waals surface area contributed by atoms with Crippen molar-refractivity contribution < 1.29 is 14.3 Å². The molecule has 0 radical (unpaired) electrons. The molecule has 1 aromatic carbocycles. The van der Waals surface area contributed by atoms with Crippen molar-refractivity contribution in [2.24, 2.45) is 5.41 Å². The molecule has 0 unspecified atom stereocenters. The molecule has 0 aromatic heterocycles. The van der Waals surface area contributed by atoms with E-state index in [9.17, 15) is 9.59 Å². The number of ether oxygens (including phenoxy) is 1. The summed E-state index contributed by atoms with van der Waals surface area (Å²) >= 11 is 3.35. The van der Waals surface area contributed by atoms with Crippen molar-refractivity contribution in [2.75, 3.05) is 13.1 Å². The highest BCUT2D eigenvalue weighted by molar-refractivity contribution is 9.10. The summed E-state index contributed by atoms with van der Waals surface area (Å²) in [5, 5.41) is 0. The lowest BCUT2D eigenvalue weighted by atomic mass is 9.76. The molecule has 114 valence electrons. The minimum atomic E-state index is -0.523. The summed E-state index contributed by atoms with van der Waals surface area (Å²) in [5.74, 6) is 0.0646. The van der Waals surface area contributed by atoms with Crippen LogP contribution >= 0.6 is 15.9 Å². The number of carbonyl (C=O) groups is 2. The van der Waals surface area contributed by atoms with E-state index in [-0.39, 0.29) is 11.9 Å². The van der Waals surface area contributed by atoms with Gasteiger partial charge in [-0.1, -0.05) is 28.1 Å². The zero-order valence-electron chi connectivity index (χ0n) is 12.8. The van der Waals surface area contributed by atoms with Crippen molar-refractivity contribution in [3.63, 3.8) is 0 Å². The summed E-state index contributed by atoms with van der Waals surface area (Å²) < 4.78 is 6.24. The number of benzene rings is 1. The lowest BCUT2D eigenvalue weighted by Gasteiger charge is -2.46. The van der Waals surface area contributed by atoms with Crippen LogP contribution in [0.4, 0.5) is 4.79 Å². The zero-order valence-corrected chi connectivity index (χ0v) is 14.4. The van der Waals surface area contributed by atoms with Gasteiger partial charge in [0.15, 0.2) is 5.78 Å². The van der Waals surface area contributed by atoms with Gasteiger partial charge in [-0.2, -0.15) is 0 Å². The molecule has 0 spiro atoms. The molecule has 1 saturated heterocycles. The predicted molar refractivity (Wildman–Crippen MR) is 84.4 cm³/mol. The monoisotopic (exact) mass is 353 g/mol. The molecule has 0 N–H and O–H groups in total. The number of hydrogen-bond donors (Lipinski definition) is 0. The average molecular weight is 354 g/mol. The van der Waals surface area contributed by atoms with E-state index in [1.54, 1.807) is 17.0 Å². The fraction of sp³-hybridized carbons (Fsp3) is 0.500. The lowest BCUT2D eigenvalue weighted by molar-refractivity contribution is -0.0197. The first-order valence-corrected chi connectivity index (χ1v) is 7.68. The number of nitrogens with zero attached hydrogens (tertiary/aromatic N) is 1. The van der Waals surface area contributed by atoms with E-state index in [0.29, 0.717) is 18.7 Å². The highest BCUT2D eigenvalue weighted by Crippen LogP contribution is 2.34. The van der Waals surface area contributed by atoms with Crippen LogP contribution in [0.5, 0.6) is 0 Å². The average Bonchev–Trinajstić information content (AvgIpc) is 2.33. The minimum Gasteiger partial charge on any atom is -0.444 e. The molecule has 5 heteroatoms. The van der Waals surface area contributed by atoms with Gasteiger partial charge in [0, 0.05) is 23.1 Å². The molecule has 1 aromatic rings. The Labute approximate surface area is 133 Å². The van der Waals surface area contributed by atoms with Crippen molar-refractivity contribution in [3.8, 4) is 0 Å². The number of amides is 1. The Kier molecular flexibility index (Phi) is 4.15. The van der Waals surface area contributed by atoms with E-state index in [1.165, 1.54) is 0 Å². The summed E-state index contributed by atoms with van der Waals surface area (Å²) in [4.78, 5) is 26.0. The van der Waals surface area contributed by atoms with Gasteiger partial charge in [-0.05, 0) is 39.8 Å². The van der Waals surface area contributed by atoms with E-state index >= 15 is 0 Å². The number of ketones is 1. The molecule has 1 aliphatic heterocycles. The second-order valence-corrected chi connectivity index (χ2v) is 7.65. The first-order chi connectivity index (χ1) is 9.61. The Morgan fingerprint density at radius 2 is 1.71 bits per heavy atom. The Hall–Kier alpha value is -1.36. The highest BCUT2D eigenvalue weighted by atomic mass is 79.9. The van der Waals surface area contributed by atoms with Crippen LogP contribution in [0, 0.1) is 5.41 Å². The maximum Gasteiger partial charge on any atom is 0.410 e. The molecule has 2 rings (SSSR count). The zero-order chi connectivity index (χ0) is 15.8. The van der Waals surface area contributed by atoms with Crippen LogP contribution in [0.2, 0.25) is 0 Å². The Morgan fingerprint density at radius 3 is 2.19 bits per heavy atom. The number of likely N-dealkylation sites (tertiary alicyclic amines) is 1. The van der Waals surface area contributed by atoms with Crippen molar-refractivity contribution >= 4 is 27.8 Å². The van der Waals surface area contributed by atoms with E-state index in [2.05, 4.69) is 15.9 Å². The highest BCUT2D eigenvalue weighted by Gasteiger charge is 2.48. The summed E-state index contributed by atoms with van der Waals surface area (Å²) in [7, 11) is 0. The largest absolute Gasteiger partial charge is 0.444 e. The van der Waals surface area contributed by atoms with E-state index in [0.717, 1.165) is 4.47 Å². The van der Waals surface area contributed by atoms with Gasteiger partial charge in [0.25, 0.3) is 0 Å². The van der Waals surface area contributed by atoms with Gasteiger partial charge in [0.1, 0.15) is 5.60 Å². The van der Waals surface area contributed by atoms with Crippen LogP contribution in [0.1, 0.15) is 38.1 Å². The molecule has 0 aliphatic carbocycles. The molecule has 1 amide bonds. The summed E-state index contributed by atoms with van der Waals surface area (Å²) in [5.41, 5.74) is -0.367. The smallest absolute Gasteiger partial charge is 0.410 e. The minimum absolute atomic E-state index is 0.0646. The van der Waals surface area contributed by atoms with Crippen LogP contribution in [0.15, 0.2) is 28.7 Å². The number of halogens is 1. The summed E-state index contributed by atoms with van der Waals surface area (Å²) in [6, 6.07) is 7.30. The number of rotatable bonds is 2. The van der Waals surface area contributed by atoms with Gasteiger partial charge in [0.2, 0.25) is 0 Å². The normalized spacial score (nSPS) is 17.1. The molecular weight excluding hydrogens is 334 g/mol. The molecule has 0 atom stereocenters. The summed E-state index contributed by atoms with van der Waals surface area (Å²) in [6.45, 7) is 8.18. The third-order valence-electron chi connectivity index (χ3n) is 3.39. The predicted octanol–water partition coefficient (Wildman–Crippen LogP) is 3.89. The molecular formula is C16H20BrNO3. The molecule has 0 bridgehead atoms. The van der Waals surface area contributed by atoms with Crippen molar-refractivity contribution in [1.82, 2.24) is 4.90 Å². The second kappa shape index (κ2) is 5.44. The summed E-state index contributed by atoms with van der Waals surface area (Å²) in [6.07, 6.45) is -0.358.